The van der Waals surface area contributed by atoms with Crippen LogP contribution >= 0.6 is 11.8 Å². The first-order valence-corrected chi connectivity index (χ1v) is 18.3. The predicted octanol–water partition coefficient (Wildman–Crippen LogP) is 7.31. The summed E-state index contributed by atoms with van der Waals surface area (Å²) in [5, 5.41) is 15.1. The van der Waals surface area contributed by atoms with E-state index in [1.807, 2.05) is 97.1 Å². The van der Waals surface area contributed by atoms with Crippen LogP contribution in [0.25, 0.3) is 11.1 Å². The Labute approximate surface area is 309 Å². The molecule has 4 unspecified atom stereocenters. The summed E-state index contributed by atoms with van der Waals surface area (Å²) in [5.41, 5.74) is 5.76. The van der Waals surface area contributed by atoms with Crippen molar-refractivity contribution >= 4 is 35.2 Å². The van der Waals surface area contributed by atoms with E-state index >= 15 is 0 Å². The summed E-state index contributed by atoms with van der Waals surface area (Å²) < 4.78 is 52.3. The number of aliphatic hydroxyl groups is 1. The van der Waals surface area contributed by atoms with Gasteiger partial charge < -0.3 is 30.1 Å². The Kier molecular flexibility index (Phi) is 12.2. The zero-order valence-corrected chi connectivity index (χ0v) is 29.8. The van der Waals surface area contributed by atoms with E-state index in [9.17, 15) is 32.7 Å². The number of hydrogen-bond donors (Lipinski definition) is 3. The second kappa shape index (κ2) is 17.0. The third kappa shape index (κ3) is 9.65. The number of nitrogens with zero attached hydrogens (tertiary/aromatic N) is 1. The van der Waals surface area contributed by atoms with Crippen LogP contribution in [0.15, 0.2) is 102 Å². The Hall–Kier alpha value is -4.69. The van der Waals surface area contributed by atoms with Crippen molar-refractivity contribution in [2.45, 2.75) is 74.9 Å². The Bertz CT molecular complexity index is 1890. The topological polar surface area (TPSA) is 117 Å². The molecule has 4 aromatic rings. The largest absolute Gasteiger partial charge is 0.471 e. The van der Waals surface area contributed by atoms with Crippen LogP contribution < -0.4 is 10.6 Å². The molecule has 2 fully saturated rings. The highest BCUT2D eigenvalue weighted by molar-refractivity contribution is 7.99. The highest BCUT2D eigenvalue weighted by atomic mass is 32.2. The number of nitrogens with one attached hydrogen (secondary N) is 2. The van der Waals surface area contributed by atoms with Gasteiger partial charge in [-0.1, -0.05) is 72.8 Å². The Balaban J connectivity index is 1.15. The predicted molar refractivity (Wildman–Crippen MR) is 194 cm³/mol. The average molecular weight is 748 g/mol. The average Bonchev–Trinajstić information content (AvgIpc) is 3.66. The summed E-state index contributed by atoms with van der Waals surface area (Å²) in [5.74, 6) is -2.09. The normalized spacial score (nSPS) is 20.2. The molecule has 0 saturated carbocycles. The van der Waals surface area contributed by atoms with Gasteiger partial charge in [-0.15, -0.1) is 11.8 Å². The SMILES string of the molecule is CC(=O)Nc1ccc(SCC2CC(c3ccc(CO)cc3)OC(c3ccc(-c4ccccc4CNC(=O)C4CCCN4C(=O)C(F)(F)F)cc3)O2)cc1. The second-order valence-electron chi connectivity index (χ2n) is 13.0. The molecule has 2 aliphatic rings. The zero-order chi connectivity index (χ0) is 37.5. The molecule has 6 rings (SSSR count). The van der Waals surface area contributed by atoms with Crippen LogP contribution in [0, 0.1) is 0 Å². The van der Waals surface area contributed by atoms with Gasteiger partial charge in [0.05, 0.1) is 18.8 Å². The molecule has 0 bridgehead atoms. The molecule has 2 heterocycles. The van der Waals surface area contributed by atoms with Gasteiger partial charge >= 0.3 is 12.1 Å². The number of carbonyl (C=O) groups is 3. The van der Waals surface area contributed by atoms with E-state index in [0.29, 0.717) is 23.5 Å². The lowest BCUT2D eigenvalue weighted by Crippen LogP contribution is -2.50. The van der Waals surface area contributed by atoms with Crippen molar-refractivity contribution in [3.8, 4) is 11.1 Å². The molecule has 2 aliphatic heterocycles. The van der Waals surface area contributed by atoms with Crippen molar-refractivity contribution in [2.24, 2.45) is 0 Å². The number of carbonyl (C=O) groups excluding carboxylic acids is 3. The first-order chi connectivity index (χ1) is 25.5. The number of ether oxygens (including phenoxy) is 2. The van der Waals surface area contributed by atoms with Crippen LogP contribution in [-0.4, -0.2) is 58.3 Å². The van der Waals surface area contributed by atoms with Crippen molar-refractivity contribution in [1.29, 1.82) is 0 Å². The molecule has 53 heavy (non-hydrogen) atoms. The van der Waals surface area contributed by atoms with Gasteiger partial charge in [0.1, 0.15) is 6.04 Å². The van der Waals surface area contributed by atoms with Crippen LogP contribution in [-0.2, 0) is 37.0 Å². The minimum atomic E-state index is -5.04. The number of benzene rings is 4. The standard InChI is InChI=1S/C40H40F3N3O6S/c1-25(48)45-31-16-18-33(19-17-31)53-24-32-21-36(28-10-8-26(23-47)9-11-28)52-38(51-32)29-14-12-27(13-15-29)34-6-3-2-5-30(34)22-44-37(49)35-7-4-20-46(35)39(50)40(41,42)43/h2-3,5-6,8-19,32,35-36,38,47H,4,7,20-24H2,1H3,(H,44,49)(H,45,48). The Morgan fingerprint density at radius 2 is 1.60 bits per heavy atom. The van der Waals surface area contributed by atoms with Gasteiger partial charge in [-0.2, -0.15) is 13.2 Å². The molecule has 4 atom stereocenters. The van der Waals surface area contributed by atoms with Crippen molar-refractivity contribution < 1.29 is 42.1 Å². The van der Waals surface area contributed by atoms with Gasteiger partial charge in [-0.25, -0.2) is 0 Å². The maximum absolute atomic E-state index is 13.1. The van der Waals surface area contributed by atoms with Crippen LogP contribution in [0.2, 0.25) is 0 Å². The molecular formula is C40H40F3N3O6S. The molecule has 0 spiro atoms. The Morgan fingerprint density at radius 1 is 0.906 bits per heavy atom. The third-order valence-corrected chi connectivity index (χ3v) is 10.4. The van der Waals surface area contributed by atoms with E-state index in [2.05, 4.69) is 10.6 Å². The van der Waals surface area contributed by atoms with E-state index in [0.717, 1.165) is 44.0 Å². The fraction of sp³-hybridized carbons (Fsp3) is 0.325. The maximum atomic E-state index is 13.1. The maximum Gasteiger partial charge on any atom is 0.471 e. The molecule has 13 heteroatoms. The highest BCUT2D eigenvalue weighted by Gasteiger charge is 2.47. The quantitative estimate of drug-likeness (QED) is 0.138. The lowest BCUT2D eigenvalue weighted by molar-refractivity contribution is -0.245. The summed E-state index contributed by atoms with van der Waals surface area (Å²) in [6, 6.07) is 29.3. The molecule has 9 nitrogen and oxygen atoms in total. The van der Waals surface area contributed by atoms with E-state index in [1.165, 1.54) is 6.92 Å². The third-order valence-electron chi connectivity index (χ3n) is 9.25. The number of hydrogen-bond acceptors (Lipinski definition) is 7. The first kappa shape index (κ1) is 38.0. The zero-order valence-electron chi connectivity index (χ0n) is 29.0. The van der Waals surface area contributed by atoms with E-state index in [1.54, 1.807) is 11.8 Å². The number of likely N-dealkylation sites (tertiary alicyclic amines) is 1. The van der Waals surface area contributed by atoms with E-state index in [-0.39, 0.29) is 44.2 Å². The monoisotopic (exact) mass is 747 g/mol. The van der Waals surface area contributed by atoms with Crippen LogP contribution in [0.3, 0.4) is 0 Å². The summed E-state index contributed by atoms with van der Waals surface area (Å²) >= 11 is 1.65. The minimum absolute atomic E-state index is 0.0541. The minimum Gasteiger partial charge on any atom is -0.392 e. The number of rotatable bonds is 11. The molecular weight excluding hydrogens is 708 g/mol. The fourth-order valence-corrected chi connectivity index (χ4v) is 7.49. The van der Waals surface area contributed by atoms with Crippen molar-refractivity contribution in [1.82, 2.24) is 10.2 Å². The Morgan fingerprint density at radius 3 is 2.28 bits per heavy atom. The molecule has 3 N–H and O–H groups in total. The highest BCUT2D eigenvalue weighted by Crippen LogP contribution is 2.40. The van der Waals surface area contributed by atoms with E-state index in [4.69, 9.17) is 9.47 Å². The van der Waals surface area contributed by atoms with Gasteiger partial charge in [-0.3, -0.25) is 14.4 Å². The molecule has 0 aliphatic carbocycles. The summed E-state index contributed by atoms with van der Waals surface area (Å²) in [6.45, 7) is 1.37. The van der Waals surface area contributed by atoms with Gasteiger partial charge in [-0.05, 0) is 64.9 Å². The number of thioether (sulfide) groups is 1. The number of alkyl halides is 3. The molecule has 2 saturated heterocycles. The second-order valence-corrected chi connectivity index (χ2v) is 14.1. The fourth-order valence-electron chi connectivity index (χ4n) is 6.57. The molecule has 0 radical (unpaired) electrons. The lowest BCUT2D eigenvalue weighted by atomic mass is 9.97. The number of halogens is 3. The number of anilines is 1. The van der Waals surface area contributed by atoms with Gasteiger partial charge in [0.2, 0.25) is 11.8 Å². The van der Waals surface area contributed by atoms with Crippen LogP contribution in [0.4, 0.5) is 18.9 Å². The van der Waals surface area contributed by atoms with Gasteiger partial charge in [0.25, 0.3) is 0 Å². The summed E-state index contributed by atoms with van der Waals surface area (Å²) in [4.78, 5) is 37.9. The molecule has 0 aromatic heterocycles. The first-order valence-electron chi connectivity index (χ1n) is 17.3. The van der Waals surface area contributed by atoms with Gasteiger partial charge in [0, 0.05) is 48.3 Å². The van der Waals surface area contributed by atoms with Crippen molar-refractivity contribution in [3.63, 3.8) is 0 Å². The number of aliphatic hydroxyl groups excluding tert-OH is 1. The van der Waals surface area contributed by atoms with E-state index < -0.39 is 30.3 Å². The summed E-state index contributed by atoms with van der Waals surface area (Å²) in [6.07, 6.45) is -5.03. The van der Waals surface area contributed by atoms with Gasteiger partial charge in [0.15, 0.2) is 6.29 Å². The van der Waals surface area contributed by atoms with Crippen LogP contribution in [0.1, 0.15) is 60.8 Å². The smallest absolute Gasteiger partial charge is 0.392 e. The van der Waals surface area contributed by atoms with Crippen LogP contribution in [0.5, 0.6) is 0 Å². The molecule has 3 amide bonds. The molecule has 278 valence electrons. The van der Waals surface area contributed by atoms with Crippen molar-refractivity contribution in [3.05, 3.63) is 119 Å². The lowest BCUT2D eigenvalue weighted by Gasteiger charge is -2.36. The van der Waals surface area contributed by atoms with Crippen molar-refractivity contribution in [2.75, 3.05) is 17.6 Å². The summed E-state index contributed by atoms with van der Waals surface area (Å²) in [7, 11) is 0. The molecule has 4 aromatic carbocycles. The number of amides is 3.